The van der Waals surface area contributed by atoms with Crippen LogP contribution in [0.2, 0.25) is 0 Å². The predicted molar refractivity (Wildman–Crippen MR) is 99.3 cm³/mol. The molecule has 28 heavy (non-hydrogen) atoms. The molecule has 0 fully saturated rings. The number of H-pyrrole nitrogens is 1. The van der Waals surface area contributed by atoms with Crippen molar-refractivity contribution in [2.75, 3.05) is 19.1 Å². The SMILES string of the molecule is COc1ccc(OP(C)(=O)O)c(NC(=O)c2cnc(-n3cccn3)[nH]c2=O)c1. The Hall–Kier alpha value is -3.43. The number of rotatable bonds is 6. The van der Waals surface area contributed by atoms with Crippen molar-refractivity contribution in [1.82, 2.24) is 19.7 Å². The van der Waals surface area contributed by atoms with Crippen molar-refractivity contribution < 1.29 is 23.5 Å². The molecule has 0 aliphatic heterocycles. The maximum Gasteiger partial charge on any atom is 0.373 e. The second kappa shape index (κ2) is 7.67. The summed E-state index contributed by atoms with van der Waals surface area (Å²) < 4.78 is 23.0. The summed E-state index contributed by atoms with van der Waals surface area (Å²) >= 11 is 0. The van der Waals surface area contributed by atoms with Gasteiger partial charge in [0.05, 0.1) is 12.8 Å². The zero-order valence-corrected chi connectivity index (χ0v) is 15.7. The molecule has 0 saturated carbocycles. The Morgan fingerprint density at radius 3 is 2.79 bits per heavy atom. The molecule has 0 aliphatic carbocycles. The van der Waals surface area contributed by atoms with Crippen molar-refractivity contribution in [3.8, 4) is 17.4 Å². The average molecular weight is 405 g/mol. The summed E-state index contributed by atoms with van der Waals surface area (Å²) in [5.41, 5.74) is -0.906. The number of carbonyl (C=O) groups excluding carboxylic acids is 1. The second-order valence-electron chi connectivity index (χ2n) is 5.61. The number of benzene rings is 1. The van der Waals surface area contributed by atoms with Gasteiger partial charge in [-0.15, -0.1) is 0 Å². The first-order valence-electron chi connectivity index (χ1n) is 7.85. The minimum absolute atomic E-state index is 0.0519. The van der Waals surface area contributed by atoms with E-state index in [-0.39, 0.29) is 22.9 Å². The van der Waals surface area contributed by atoms with Crippen LogP contribution in [0.3, 0.4) is 0 Å². The molecule has 3 aromatic rings. The van der Waals surface area contributed by atoms with Gasteiger partial charge in [-0.3, -0.25) is 14.6 Å². The Morgan fingerprint density at radius 2 is 2.18 bits per heavy atom. The molecule has 0 spiro atoms. The number of hydrogen-bond acceptors (Lipinski definition) is 7. The molecular weight excluding hydrogens is 389 g/mol. The van der Waals surface area contributed by atoms with Gasteiger partial charge in [0.25, 0.3) is 11.5 Å². The maximum absolute atomic E-state index is 12.5. The molecule has 1 aromatic carbocycles. The third-order valence-corrected chi connectivity index (χ3v) is 3.99. The number of amides is 1. The van der Waals surface area contributed by atoms with E-state index in [4.69, 9.17) is 9.26 Å². The van der Waals surface area contributed by atoms with Gasteiger partial charge in [-0.05, 0) is 18.2 Å². The topological polar surface area (TPSA) is 148 Å². The molecule has 0 aliphatic rings. The summed E-state index contributed by atoms with van der Waals surface area (Å²) in [6.45, 7) is 1.01. The van der Waals surface area contributed by atoms with E-state index in [0.29, 0.717) is 5.75 Å². The smallest absolute Gasteiger partial charge is 0.373 e. The molecule has 2 heterocycles. The van der Waals surface area contributed by atoms with Crippen molar-refractivity contribution in [3.05, 3.63) is 58.8 Å². The standard InChI is InChI=1S/C16H16N5O6P/c1-26-10-4-5-13(27-28(2,24)25)12(8-10)19-14(22)11-9-17-16(20-15(11)23)21-7-3-6-18-21/h3-9H,1-2H3,(H,19,22)(H,24,25)(H,17,20,23). The fourth-order valence-electron chi connectivity index (χ4n) is 2.24. The van der Waals surface area contributed by atoms with Crippen LogP contribution >= 0.6 is 7.60 Å². The van der Waals surface area contributed by atoms with E-state index in [1.165, 1.54) is 36.2 Å². The summed E-state index contributed by atoms with van der Waals surface area (Å²) in [6.07, 6.45) is 4.19. The number of hydrogen-bond donors (Lipinski definition) is 3. The lowest BCUT2D eigenvalue weighted by Gasteiger charge is -2.15. The van der Waals surface area contributed by atoms with Gasteiger partial charge in [0.2, 0.25) is 5.95 Å². The van der Waals surface area contributed by atoms with E-state index < -0.39 is 19.1 Å². The quantitative estimate of drug-likeness (QED) is 0.521. The highest BCUT2D eigenvalue weighted by Gasteiger charge is 2.19. The van der Waals surface area contributed by atoms with Gasteiger partial charge in [-0.1, -0.05) is 0 Å². The molecule has 12 heteroatoms. The lowest BCUT2D eigenvalue weighted by Crippen LogP contribution is -2.25. The van der Waals surface area contributed by atoms with Gasteiger partial charge >= 0.3 is 7.60 Å². The minimum atomic E-state index is -3.88. The number of nitrogens with zero attached hydrogens (tertiary/aromatic N) is 3. The molecule has 0 radical (unpaired) electrons. The van der Waals surface area contributed by atoms with Crippen LogP contribution in [0.15, 0.2) is 47.7 Å². The Labute approximate surface area is 158 Å². The van der Waals surface area contributed by atoms with Crippen LogP contribution in [-0.4, -0.2) is 44.3 Å². The fraction of sp³-hybridized carbons (Fsp3) is 0.125. The van der Waals surface area contributed by atoms with Crippen LogP contribution in [-0.2, 0) is 4.57 Å². The minimum Gasteiger partial charge on any atom is -0.497 e. The lowest BCUT2D eigenvalue weighted by molar-refractivity contribution is 0.102. The molecular formula is C16H16N5O6P. The number of aromatic nitrogens is 4. The highest BCUT2D eigenvalue weighted by atomic mass is 31.2. The van der Waals surface area contributed by atoms with Crippen LogP contribution in [0, 0.1) is 0 Å². The third kappa shape index (κ3) is 4.45. The first-order chi connectivity index (χ1) is 13.3. The molecule has 3 N–H and O–H groups in total. The summed E-state index contributed by atoms with van der Waals surface area (Å²) in [5.74, 6) is -0.334. The second-order valence-corrected chi connectivity index (χ2v) is 7.40. The Kier molecular flexibility index (Phi) is 5.30. The van der Waals surface area contributed by atoms with E-state index in [2.05, 4.69) is 20.4 Å². The number of aromatic amines is 1. The number of anilines is 1. The van der Waals surface area contributed by atoms with E-state index in [9.17, 15) is 19.0 Å². The molecule has 11 nitrogen and oxygen atoms in total. The van der Waals surface area contributed by atoms with E-state index in [1.54, 1.807) is 12.3 Å². The lowest BCUT2D eigenvalue weighted by atomic mass is 10.2. The summed E-state index contributed by atoms with van der Waals surface area (Å²) in [7, 11) is -2.46. The van der Waals surface area contributed by atoms with Crippen LogP contribution in [0.4, 0.5) is 5.69 Å². The van der Waals surface area contributed by atoms with Gasteiger partial charge in [0.1, 0.15) is 11.3 Å². The highest BCUT2D eigenvalue weighted by molar-refractivity contribution is 7.52. The Bertz CT molecular complexity index is 1100. The monoisotopic (exact) mass is 405 g/mol. The largest absolute Gasteiger partial charge is 0.497 e. The number of methoxy groups -OCH3 is 1. The van der Waals surface area contributed by atoms with Gasteiger partial charge in [0, 0.05) is 31.3 Å². The highest BCUT2D eigenvalue weighted by Crippen LogP contribution is 2.42. The molecule has 0 bridgehead atoms. The summed E-state index contributed by atoms with van der Waals surface area (Å²) in [5, 5.41) is 6.40. The van der Waals surface area contributed by atoms with Crippen LogP contribution in [0.25, 0.3) is 5.95 Å². The van der Waals surface area contributed by atoms with Crippen LogP contribution in [0.1, 0.15) is 10.4 Å². The normalized spacial score (nSPS) is 12.8. The average Bonchev–Trinajstić information content (AvgIpc) is 3.16. The first kappa shape index (κ1) is 19.3. The van der Waals surface area contributed by atoms with Crippen molar-refractivity contribution >= 4 is 19.2 Å². The molecule has 1 unspecified atom stereocenters. The van der Waals surface area contributed by atoms with E-state index in [1.807, 2.05) is 0 Å². The fourth-order valence-corrected chi connectivity index (χ4v) is 2.77. The first-order valence-corrected chi connectivity index (χ1v) is 9.88. The molecule has 2 aromatic heterocycles. The number of nitrogens with one attached hydrogen (secondary N) is 2. The van der Waals surface area contributed by atoms with Crippen molar-refractivity contribution in [2.24, 2.45) is 0 Å². The van der Waals surface area contributed by atoms with Crippen LogP contribution in [0.5, 0.6) is 11.5 Å². The summed E-state index contributed by atoms with van der Waals surface area (Å²) in [6, 6.07) is 5.90. The van der Waals surface area contributed by atoms with E-state index in [0.717, 1.165) is 12.9 Å². The Morgan fingerprint density at radius 1 is 1.39 bits per heavy atom. The predicted octanol–water partition coefficient (Wildman–Crippen LogP) is 1.41. The van der Waals surface area contributed by atoms with Gasteiger partial charge in [-0.25, -0.2) is 14.2 Å². The van der Waals surface area contributed by atoms with Crippen molar-refractivity contribution in [3.63, 3.8) is 0 Å². The zero-order chi connectivity index (χ0) is 20.3. The van der Waals surface area contributed by atoms with Crippen molar-refractivity contribution in [1.29, 1.82) is 0 Å². The van der Waals surface area contributed by atoms with Gasteiger partial charge < -0.3 is 19.5 Å². The van der Waals surface area contributed by atoms with Gasteiger partial charge in [-0.2, -0.15) is 5.10 Å². The van der Waals surface area contributed by atoms with Gasteiger partial charge in [0.15, 0.2) is 5.75 Å². The molecule has 1 atom stereocenters. The molecule has 0 saturated heterocycles. The van der Waals surface area contributed by atoms with Crippen LogP contribution < -0.4 is 20.1 Å². The third-order valence-electron chi connectivity index (χ3n) is 3.45. The van der Waals surface area contributed by atoms with E-state index >= 15 is 0 Å². The number of ether oxygens (including phenoxy) is 1. The Balaban J connectivity index is 1.90. The summed E-state index contributed by atoms with van der Waals surface area (Å²) in [4.78, 5) is 40.7. The number of carbonyl (C=O) groups is 1. The van der Waals surface area contributed by atoms with Crippen molar-refractivity contribution in [2.45, 2.75) is 0 Å². The molecule has 3 rings (SSSR count). The molecule has 1 amide bonds. The maximum atomic E-state index is 12.5. The zero-order valence-electron chi connectivity index (χ0n) is 14.8. The molecule has 146 valence electrons.